The molecule has 0 atom stereocenters. The zero-order chi connectivity index (χ0) is 30.6. The largest absolute Gasteiger partial charge is 0.497 e. The molecule has 1 heterocycles. The molecule has 10 nitrogen and oxygen atoms in total. The van der Waals surface area contributed by atoms with E-state index in [0.717, 1.165) is 12.1 Å². The lowest BCUT2D eigenvalue weighted by atomic mass is 10.1. The number of carbonyl (C=O) groups is 1. The maximum atomic E-state index is 13.4. The Morgan fingerprint density at radius 2 is 1.58 bits per heavy atom. The summed E-state index contributed by atoms with van der Waals surface area (Å²) in [6, 6.07) is 25.0. The van der Waals surface area contributed by atoms with E-state index in [9.17, 15) is 26.4 Å². The fourth-order valence-corrected chi connectivity index (χ4v) is 4.82. The number of carbonyl (C=O) groups excluding carboxylic acids is 1. The van der Waals surface area contributed by atoms with Crippen LogP contribution in [0.15, 0.2) is 108 Å². The molecule has 5 aromatic rings. The number of halogens is 3. The lowest BCUT2D eigenvalue weighted by molar-refractivity contribution is -0.137. The third-order valence-corrected chi connectivity index (χ3v) is 7.39. The minimum absolute atomic E-state index is 0.0130. The summed E-state index contributed by atoms with van der Waals surface area (Å²) in [6.07, 6.45) is -4.55. The van der Waals surface area contributed by atoms with Gasteiger partial charge >= 0.3 is 6.18 Å². The highest BCUT2D eigenvalue weighted by Gasteiger charge is 2.31. The molecule has 220 valence electrons. The third kappa shape index (κ3) is 6.82. The second-order valence-electron chi connectivity index (χ2n) is 9.02. The topological polar surface area (TPSA) is 127 Å². The number of hydrazine groups is 1. The minimum atomic E-state index is -4.55. The second-order valence-corrected chi connectivity index (χ2v) is 10.7. The Hall–Kier alpha value is -5.21. The Labute approximate surface area is 244 Å². The van der Waals surface area contributed by atoms with E-state index in [4.69, 9.17) is 4.74 Å². The van der Waals surface area contributed by atoms with Crippen LogP contribution in [-0.2, 0) is 16.2 Å². The molecular weight excluding hydrogens is 585 g/mol. The predicted octanol–water partition coefficient (Wildman–Crippen LogP) is 5.33. The number of nitrogens with zero attached hydrogens (tertiary/aromatic N) is 3. The lowest BCUT2D eigenvalue weighted by Crippen LogP contribution is -2.41. The number of aromatic nitrogens is 3. The highest BCUT2D eigenvalue weighted by Crippen LogP contribution is 2.32. The number of nitrogens with one attached hydrogen (secondary N) is 3. The Balaban J connectivity index is 1.37. The van der Waals surface area contributed by atoms with Gasteiger partial charge in [-0.05, 0) is 78.9 Å². The standard InChI is InChI=1S/C29H23F3N6O4S/c1-42-24-16-12-19(13-17-24)26-34-28(36-38(26)23-7-5-6-21(18-23)29(30,31)32)33-22-14-10-20(11-15-22)27(39)35-37-43(40,41)25-8-3-2-4-9-25/h2-18,37H,1H3,(H,33,36)(H,35,39). The van der Waals surface area contributed by atoms with Gasteiger partial charge in [0.1, 0.15) is 5.75 Å². The quantitative estimate of drug-likeness (QED) is 0.193. The SMILES string of the molecule is COc1ccc(-c2nc(Nc3ccc(C(=O)NNS(=O)(=O)c4ccccc4)cc3)nn2-c2cccc(C(F)(F)F)c2)cc1. The number of ether oxygens (including phenoxy) is 1. The van der Waals surface area contributed by atoms with Crippen molar-refractivity contribution >= 4 is 27.6 Å². The Bertz CT molecular complexity index is 1840. The second kappa shape index (κ2) is 12.0. The predicted molar refractivity (Wildman–Crippen MR) is 152 cm³/mol. The smallest absolute Gasteiger partial charge is 0.416 e. The average molecular weight is 609 g/mol. The van der Waals surface area contributed by atoms with E-state index in [-0.39, 0.29) is 27.9 Å². The summed E-state index contributed by atoms with van der Waals surface area (Å²) in [4.78, 5) is 19.1. The van der Waals surface area contributed by atoms with Gasteiger partial charge in [-0.15, -0.1) is 9.93 Å². The van der Waals surface area contributed by atoms with Crippen LogP contribution in [0.1, 0.15) is 15.9 Å². The zero-order valence-electron chi connectivity index (χ0n) is 22.3. The molecule has 0 aliphatic carbocycles. The van der Waals surface area contributed by atoms with Crippen LogP contribution in [0.2, 0.25) is 0 Å². The molecule has 0 spiro atoms. The number of methoxy groups -OCH3 is 1. The van der Waals surface area contributed by atoms with Crippen LogP contribution >= 0.6 is 0 Å². The summed E-state index contributed by atoms with van der Waals surface area (Å²) in [7, 11) is -2.44. The van der Waals surface area contributed by atoms with Crippen LogP contribution in [0.25, 0.3) is 17.1 Å². The van der Waals surface area contributed by atoms with Gasteiger partial charge in [0, 0.05) is 16.8 Å². The van der Waals surface area contributed by atoms with Gasteiger partial charge < -0.3 is 10.1 Å². The van der Waals surface area contributed by atoms with Crippen LogP contribution < -0.4 is 20.3 Å². The first-order chi connectivity index (χ1) is 20.5. The molecular formula is C29H23F3N6O4S. The average Bonchev–Trinajstić information content (AvgIpc) is 3.44. The van der Waals surface area contributed by atoms with Crippen LogP contribution in [0.5, 0.6) is 5.75 Å². The number of benzene rings is 4. The van der Waals surface area contributed by atoms with Crippen molar-refractivity contribution in [3.63, 3.8) is 0 Å². The maximum absolute atomic E-state index is 13.4. The van der Waals surface area contributed by atoms with Crippen molar-refractivity contribution in [2.24, 2.45) is 0 Å². The van der Waals surface area contributed by atoms with Gasteiger partial charge in [0.25, 0.3) is 15.9 Å². The monoisotopic (exact) mass is 608 g/mol. The number of amides is 1. The number of anilines is 2. The highest BCUT2D eigenvalue weighted by molar-refractivity contribution is 7.89. The summed E-state index contributed by atoms with van der Waals surface area (Å²) >= 11 is 0. The highest BCUT2D eigenvalue weighted by atomic mass is 32.2. The molecule has 0 aliphatic heterocycles. The normalized spacial score (nSPS) is 11.6. The van der Waals surface area contributed by atoms with Crippen molar-refractivity contribution in [1.82, 2.24) is 25.0 Å². The Morgan fingerprint density at radius 1 is 0.884 bits per heavy atom. The van der Waals surface area contributed by atoms with Crippen LogP contribution in [0, 0.1) is 0 Å². The van der Waals surface area contributed by atoms with Gasteiger partial charge in [0.2, 0.25) is 5.95 Å². The van der Waals surface area contributed by atoms with E-state index >= 15 is 0 Å². The van der Waals surface area contributed by atoms with Crippen LogP contribution in [0.4, 0.5) is 24.8 Å². The van der Waals surface area contributed by atoms with E-state index in [1.165, 1.54) is 48.2 Å². The number of rotatable bonds is 9. The van der Waals surface area contributed by atoms with Crippen LogP contribution in [0.3, 0.4) is 0 Å². The summed E-state index contributed by atoms with van der Waals surface area (Å²) in [5.41, 5.74) is 2.66. The summed E-state index contributed by atoms with van der Waals surface area (Å²) < 4.78 is 71.4. The van der Waals surface area contributed by atoms with E-state index < -0.39 is 27.7 Å². The van der Waals surface area contributed by atoms with Crippen molar-refractivity contribution in [3.8, 4) is 22.8 Å². The van der Waals surface area contributed by atoms with Gasteiger partial charge in [0.05, 0.1) is 23.3 Å². The number of hydrogen-bond acceptors (Lipinski definition) is 7. The molecule has 1 amide bonds. The molecule has 4 aromatic carbocycles. The molecule has 14 heteroatoms. The minimum Gasteiger partial charge on any atom is -0.497 e. The summed E-state index contributed by atoms with van der Waals surface area (Å²) in [6.45, 7) is 0. The first-order valence-corrected chi connectivity index (χ1v) is 14.1. The van der Waals surface area contributed by atoms with Gasteiger partial charge in [-0.1, -0.05) is 24.3 Å². The molecule has 1 aromatic heterocycles. The number of alkyl halides is 3. The number of sulfonamides is 1. The summed E-state index contributed by atoms with van der Waals surface area (Å²) in [5.74, 6) is 0.242. The molecule has 5 rings (SSSR count). The summed E-state index contributed by atoms with van der Waals surface area (Å²) in [5, 5.41) is 7.38. The fourth-order valence-electron chi connectivity index (χ4n) is 3.96. The van der Waals surface area contributed by atoms with Gasteiger partial charge in [-0.3, -0.25) is 10.2 Å². The maximum Gasteiger partial charge on any atom is 0.416 e. The van der Waals surface area contributed by atoms with Gasteiger partial charge in [-0.2, -0.15) is 18.2 Å². The molecule has 0 fully saturated rings. The van der Waals surface area contributed by atoms with E-state index in [0.29, 0.717) is 17.0 Å². The van der Waals surface area contributed by atoms with Crippen molar-refractivity contribution in [2.45, 2.75) is 11.1 Å². The molecule has 43 heavy (non-hydrogen) atoms. The third-order valence-electron chi connectivity index (χ3n) is 6.13. The van der Waals surface area contributed by atoms with E-state index in [1.54, 1.807) is 54.6 Å². The lowest BCUT2D eigenvalue weighted by Gasteiger charge is -2.10. The van der Waals surface area contributed by atoms with Crippen molar-refractivity contribution in [1.29, 1.82) is 0 Å². The van der Waals surface area contributed by atoms with E-state index in [1.807, 2.05) is 4.83 Å². The zero-order valence-corrected chi connectivity index (χ0v) is 23.1. The van der Waals surface area contributed by atoms with Crippen LogP contribution in [-0.4, -0.2) is 36.2 Å². The Kier molecular flexibility index (Phi) is 8.14. The molecule has 0 saturated carbocycles. The van der Waals surface area contributed by atoms with E-state index in [2.05, 4.69) is 20.8 Å². The van der Waals surface area contributed by atoms with Gasteiger partial charge in [-0.25, -0.2) is 13.1 Å². The molecule has 0 unspecified atom stereocenters. The fraction of sp³-hybridized carbons (Fsp3) is 0.0690. The Morgan fingerprint density at radius 3 is 2.23 bits per heavy atom. The number of hydrogen-bond donors (Lipinski definition) is 3. The molecule has 0 bridgehead atoms. The van der Waals surface area contributed by atoms with Crippen molar-refractivity contribution in [3.05, 3.63) is 114 Å². The van der Waals surface area contributed by atoms with Crippen molar-refractivity contribution in [2.75, 3.05) is 12.4 Å². The first kappa shape index (κ1) is 29.3. The molecule has 0 saturated heterocycles. The molecule has 0 radical (unpaired) electrons. The molecule has 0 aliphatic rings. The molecule has 3 N–H and O–H groups in total. The van der Waals surface area contributed by atoms with Crippen molar-refractivity contribution < 1.29 is 31.1 Å². The van der Waals surface area contributed by atoms with Gasteiger partial charge in [0.15, 0.2) is 5.82 Å². The first-order valence-electron chi connectivity index (χ1n) is 12.6.